The fraction of sp³-hybridized carbons (Fsp3) is 0.0769. The van der Waals surface area contributed by atoms with Gasteiger partial charge in [0, 0.05) is 11.6 Å². The van der Waals surface area contributed by atoms with Crippen molar-refractivity contribution in [2.45, 2.75) is 6.10 Å². The van der Waals surface area contributed by atoms with Gasteiger partial charge in [-0.25, -0.2) is 0 Å². The molecule has 2 rings (SSSR count). The van der Waals surface area contributed by atoms with Crippen LogP contribution in [0.15, 0.2) is 45.8 Å². The Morgan fingerprint density at radius 1 is 1.21 bits per heavy atom. The largest absolute Gasteiger partial charge is 0.508 e. The summed E-state index contributed by atoms with van der Waals surface area (Å²) in [5.41, 5.74) is -0.688. The van der Waals surface area contributed by atoms with Crippen LogP contribution < -0.4 is 5.43 Å². The van der Waals surface area contributed by atoms with Gasteiger partial charge in [0.15, 0.2) is 17.6 Å². The summed E-state index contributed by atoms with van der Waals surface area (Å²) in [6.07, 6.45) is -0.938. The first-order chi connectivity index (χ1) is 8.99. The first-order valence-electron chi connectivity index (χ1n) is 5.32. The number of Topliss-reactive ketones (excluding diaryl/α,β-unsaturated/α-hetero) is 1. The molecule has 3 N–H and O–H groups in total. The second-order valence-corrected chi connectivity index (χ2v) is 3.85. The lowest BCUT2D eigenvalue weighted by atomic mass is 10.0. The Labute approximate surface area is 107 Å². The summed E-state index contributed by atoms with van der Waals surface area (Å²) in [6.45, 7) is 0. The fourth-order valence-electron chi connectivity index (χ4n) is 1.51. The molecule has 19 heavy (non-hydrogen) atoms. The standard InChI is InChI=1S/C13H10O6/c14-8-3-1-2-7(4-8)12(17)13(18)11-5-9(15)10(16)6-19-11/h1-6,13-14,16,18H. The highest BCUT2D eigenvalue weighted by molar-refractivity contribution is 5.99. The van der Waals surface area contributed by atoms with Gasteiger partial charge in [0.25, 0.3) is 0 Å². The molecule has 0 saturated heterocycles. The summed E-state index contributed by atoms with van der Waals surface area (Å²) in [5, 5.41) is 28.1. The minimum Gasteiger partial charge on any atom is -0.508 e. The second-order valence-electron chi connectivity index (χ2n) is 3.85. The Balaban J connectivity index is 2.33. The second kappa shape index (κ2) is 4.95. The molecule has 0 bridgehead atoms. The molecule has 0 aliphatic carbocycles. The van der Waals surface area contributed by atoms with Crippen molar-refractivity contribution in [3.8, 4) is 11.5 Å². The monoisotopic (exact) mass is 262 g/mol. The molecule has 1 unspecified atom stereocenters. The van der Waals surface area contributed by atoms with Crippen molar-refractivity contribution in [1.82, 2.24) is 0 Å². The van der Waals surface area contributed by atoms with Gasteiger partial charge in [0.05, 0.1) is 0 Å². The number of rotatable bonds is 3. The van der Waals surface area contributed by atoms with Gasteiger partial charge in [-0.1, -0.05) is 12.1 Å². The predicted molar refractivity (Wildman–Crippen MR) is 64.0 cm³/mol. The third-order valence-corrected chi connectivity index (χ3v) is 2.48. The van der Waals surface area contributed by atoms with E-state index in [0.717, 1.165) is 12.3 Å². The number of aliphatic hydroxyl groups is 1. The highest BCUT2D eigenvalue weighted by atomic mass is 16.4. The number of benzene rings is 1. The van der Waals surface area contributed by atoms with Crippen molar-refractivity contribution < 1.29 is 24.5 Å². The van der Waals surface area contributed by atoms with Crippen LogP contribution in [0.5, 0.6) is 11.5 Å². The van der Waals surface area contributed by atoms with Gasteiger partial charge >= 0.3 is 0 Å². The van der Waals surface area contributed by atoms with Gasteiger partial charge in [-0.15, -0.1) is 0 Å². The van der Waals surface area contributed by atoms with Crippen LogP contribution in [0.25, 0.3) is 0 Å². The number of hydrogen-bond acceptors (Lipinski definition) is 6. The van der Waals surface area contributed by atoms with Gasteiger partial charge in [-0.2, -0.15) is 0 Å². The molecule has 0 amide bonds. The Kier molecular flexibility index (Phi) is 3.35. The number of aromatic hydroxyl groups is 2. The minimum atomic E-state index is -1.69. The van der Waals surface area contributed by atoms with Crippen molar-refractivity contribution in [2.75, 3.05) is 0 Å². The van der Waals surface area contributed by atoms with E-state index in [1.807, 2.05) is 0 Å². The summed E-state index contributed by atoms with van der Waals surface area (Å²) < 4.78 is 4.79. The molecule has 6 nitrogen and oxygen atoms in total. The third kappa shape index (κ3) is 2.63. The van der Waals surface area contributed by atoms with E-state index in [1.165, 1.54) is 24.3 Å². The first-order valence-corrected chi connectivity index (χ1v) is 5.32. The predicted octanol–water partition coefficient (Wildman–Crippen LogP) is 0.967. The lowest BCUT2D eigenvalue weighted by molar-refractivity contribution is 0.0697. The quantitative estimate of drug-likeness (QED) is 0.711. The SMILES string of the molecule is O=C(c1cccc(O)c1)C(O)c1cc(=O)c(O)co1. The average molecular weight is 262 g/mol. The van der Waals surface area contributed by atoms with E-state index in [9.17, 15) is 19.8 Å². The topological polar surface area (TPSA) is 108 Å². The molecule has 98 valence electrons. The van der Waals surface area contributed by atoms with Crippen LogP contribution in [-0.2, 0) is 0 Å². The molecular formula is C13H10O6. The van der Waals surface area contributed by atoms with Crippen LogP contribution in [-0.4, -0.2) is 21.1 Å². The van der Waals surface area contributed by atoms with Gasteiger partial charge in [-0.3, -0.25) is 9.59 Å². The van der Waals surface area contributed by atoms with Gasteiger partial charge in [0.2, 0.25) is 5.43 Å². The summed E-state index contributed by atoms with van der Waals surface area (Å²) >= 11 is 0. The van der Waals surface area contributed by atoms with Gasteiger partial charge < -0.3 is 19.7 Å². The lowest BCUT2D eigenvalue weighted by Gasteiger charge is -2.08. The average Bonchev–Trinajstić information content (AvgIpc) is 2.40. The van der Waals surface area contributed by atoms with E-state index in [2.05, 4.69) is 0 Å². The third-order valence-electron chi connectivity index (χ3n) is 2.48. The zero-order chi connectivity index (χ0) is 14.0. The molecule has 0 aliphatic rings. The Morgan fingerprint density at radius 2 is 1.95 bits per heavy atom. The number of hydrogen-bond donors (Lipinski definition) is 3. The fourth-order valence-corrected chi connectivity index (χ4v) is 1.51. The molecular weight excluding hydrogens is 252 g/mol. The van der Waals surface area contributed by atoms with E-state index >= 15 is 0 Å². The first kappa shape index (κ1) is 12.8. The smallest absolute Gasteiger partial charge is 0.226 e. The summed E-state index contributed by atoms with van der Waals surface area (Å²) in [7, 11) is 0. The van der Waals surface area contributed by atoms with Crippen molar-refractivity contribution in [3.05, 3.63) is 58.1 Å². The lowest BCUT2D eigenvalue weighted by Crippen LogP contribution is -2.14. The Bertz CT molecular complexity index is 673. The van der Waals surface area contributed by atoms with Crippen LogP contribution in [0, 0.1) is 0 Å². The zero-order valence-electron chi connectivity index (χ0n) is 9.61. The minimum absolute atomic E-state index is 0.0724. The number of ketones is 1. The molecule has 0 saturated carbocycles. The van der Waals surface area contributed by atoms with Gasteiger partial charge in [0.1, 0.15) is 17.8 Å². The maximum absolute atomic E-state index is 11.9. The number of phenolic OH excluding ortho intramolecular Hbond substituents is 1. The normalized spacial score (nSPS) is 12.1. The molecule has 2 aromatic rings. The number of aliphatic hydroxyl groups excluding tert-OH is 1. The molecule has 1 aromatic heterocycles. The van der Waals surface area contributed by atoms with Crippen LogP contribution >= 0.6 is 0 Å². The molecule has 1 aromatic carbocycles. The van der Waals surface area contributed by atoms with E-state index in [4.69, 9.17) is 9.52 Å². The van der Waals surface area contributed by atoms with Crippen molar-refractivity contribution in [1.29, 1.82) is 0 Å². The van der Waals surface area contributed by atoms with Crippen molar-refractivity contribution >= 4 is 5.78 Å². The molecule has 1 heterocycles. The highest BCUT2D eigenvalue weighted by Gasteiger charge is 2.22. The maximum atomic E-state index is 11.9. The Morgan fingerprint density at radius 3 is 2.58 bits per heavy atom. The van der Waals surface area contributed by atoms with E-state index < -0.39 is 23.1 Å². The number of phenols is 1. The van der Waals surface area contributed by atoms with E-state index in [-0.39, 0.29) is 17.1 Å². The van der Waals surface area contributed by atoms with Gasteiger partial charge in [-0.05, 0) is 12.1 Å². The van der Waals surface area contributed by atoms with Crippen LogP contribution in [0.2, 0.25) is 0 Å². The van der Waals surface area contributed by atoms with E-state index in [1.54, 1.807) is 0 Å². The summed E-state index contributed by atoms with van der Waals surface area (Å²) in [5.74, 6) is -1.74. The number of carbonyl (C=O) groups excluding carboxylic acids is 1. The summed E-state index contributed by atoms with van der Waals surface area (Å²) in [4.78, 5) is 23.1. The highest BCUT2D eigenvalue weighted by Crippen LogP contribution is 2.20. The van der Waals surface area contributed by atoms with Crippen LogP contribution in [0.1, 0.15) is 22.2 Å². The van der Waals surface area contributed by atoms with Crippen LogP contribution in [0.3, 0.4) is 0 Å². The molecule has 6 heteroatoms. The maximum Gasteiger partial charge on any atom is 0.226 e. The number of carbonyl (C=O) groups is 1. The summed E-state index contributed by atoms with van der Waals surface area (Å²) in [6, 6.07) is 6.25. The van der Waals surface area contributed by atoms with Crippen molar-refractivity contribution in [3.63, 3.8) is 0 Å². The molecule has 0 radical (unpaired) electrons. The van der Waals surface area contributed by atoms with Crippen LogP contribution in [0.4, 0.5) is 0 Å². The molecule has 0 spiro atoms. The van der Waals surface area contributed by atoms with Crippen molar-refractivity contribution in [2.24, 2.45) is 0 Å². The molecule has 0 aliphatic heterocycles. The van der Waals surface area contributed by atoms with E-state index in [0.29, 0.717) is 0 Å². The molecule has 0 fully saturated rings. The molecule has 1 atom stereocenters. The zero-order valence-corrected chi connectivity index (χ0v) is 9.61. The Hall–Kier alpha value is -2.60.